The van der Waals surface area contributed by atoms with Gasteiger partial charge in [0.1, 0.15) is 11.7 Å². The van der Waals surface area contributed by atoms with Gasteiger partial charge in [-0.2, -0.15) is 0 Å². The van der Waals surface area contributed by atoms with Crippen LogP contribution in [0.1, 0.15) is 26.3 Å². The second kappa shape index (κ2) is 6.81. The van der Waals surface area contributed by atoms with Gasteiger partial charge >= 0.3 is 6.09 Å². The molecule has 4 heteroatoms. The fourth-order valence-electron chi connectivity index (χ4n) is 1.23. The molecule has 0 fully saturated rings. The molecule has 1 unspecified atom stereocenters. The Kier molecular flexibility index (Phi) is 5.40. The van der Waals surface area contributed by atoms with Crippen LogP contribution in [0.4, 0.5) is 4.79 Å². The first kappa shape index (κ1) is 15.1. The van der Waals surface area contributed by atoms with Crippen molar-refractivity contribution in [3.8, 4) is 11.8 Å². The Labute approximate surface area is 113 Å². The molecule has 4 nitrogen and oxygen atoms in total. The molecule has 0 bridgehead atoms. The van der Waals surface area contributed by atoms with E-state index in [0.29, 0.717) is 0 Å². The van der Waals surface area contributed by atoms with Crippen LogP contribution in [0.15, 0.2) is 30.3 Å². The Morgan fingerprint density at radius 3 is 2.58 bits per heavy atom. The van der Waals surface area contributed by atoms with Gasteiger partial charge in [0.2, 0.25) is 0 Å². The van der Waals surface area contributed by atoms with Gasteiger partial charge in [0, 0.05) is 5.56 Å². The van der Waals surface area contributed by atoms with Crippen molar-refractivity contribution in [2.24, 2.45) is 0 Å². The summed E-state index contributed by atoms with van der Waals surface area (Å²) in [5.74, 6) is 5.48. The molecule has 0 heterocycles. The largest absolute Gasteiger partial charge is 0.444 e. The van der Waals surface area contributed by atoms with Crippen LogP contribution in [-0.4, -0.2) is 29.4 Å². The van der Waals surface area contributed by atoms with Crippen LogP contribution in [0, 0.1) is 11.8 Å². The molecular formula is C15H19NO3. The molecule has 0 radical (unpaired) electrons. The van der Waals surface area contributed by atoms with Crippen molar-refractivity contribution in [1.82, 2.24) is 5.32 Å². The normalized spacial score (nSPS) is 12.0. The summed E-state index contributed by atoms with van der Waals surface area (Å²) in [6, 6.07) is 9.33. The number of aliphatic hydroxyl groups excluding tert-OH is 1. The van der Waals surface area contributed by atoms with Crippen molar-refractivity contribution in [3.05, 3.63) is 35.9 Å². The Morgan fingerprint density at radius 2 is 2.00 bits per heavy atom. The average Bonchev–Trinajstić information content (AvgIpc) is 2.33. The number of aliphatic hydroxyl groups is 1. The lowest BCUT2D eigenvalue weighted by molar-refractivity contribution is 0.0507. The molecule has 0 saturated heterocycles. The van der Waals surface area contributed by atoms with E-state index >= 15 is 0 Å². The Hall–Kier alpha value is -1.99. The van der Waals surface area contributed by atoms with Crippen molar-refractivity contribution in [3.63, 3.8) is 0 Å². The summed E-state index contributed by atoms with van der Waals surface area (Å²) in [6.45, 7) is 5.36. The summed E-state index contributed by atoms with van der Waals surface area (Å²) in [4.78, 5) is 11.3. The van der Waals surface area contributed by atoms with Gasteiger partial charge < -0.3 is 15.2 Å². The van der Waals surface area contributed by atoms with E-state index in [-0.39, 0.29) is 6.54 Å². The van der Waals surface area contributed by atoms with Crippen molar-refractivity contribution in [2.75, 3.05) is 6.54 Å². The maximum Gasteiger partial charge on any atom is 0.407 e. The zero-order chi connectivity index (χ0) is 14.3. The first-order chi connectivity index (χ1) is 8.87. The van der Waals surface area contributed by atoms with Gasteiger partial charge in [-0.25, -0.2) is 4.79 Å². The van der Waals surface area contributed by atoms with Crippen LogP contribution in [-0.2, 0) is 4.74 Å². The van der Waals surface area contributed by atoms with E-state index in [0.717, 1.165) is 5.56 Å². The number of nitrogens with one attached hydrogen (secondary N) is 1. The van der Waals surface area contributed by atoms with Crippen molar-refractivity contribution >= 4 is 6.09 Å². The Morgan fingerprint density at radius 1 is 1.37 bits per heavy atom. The maximum atomic E-state index is 11.3. The molecule has 1 atom stereocenters. The van der Waals surface area contributed by atoms with Crippen LogP contribution in [0.25, 0.3) is 0 Å². The van der Waals surface area contributed by atoms with Crippen LogP contribution in [0.2, 0.25) is 0 Å². The lowest BCUT2D eigenvalue weighted by Gasteiger charge is -2.19. The number of carbonyl (C=O) groups excluding carboxylic acids is 1. The van der Waals surface area contributed by atoms with E-state index in [1.807, 2.05) is 30.3 Å². The summed E-state index contributed by atoms with van der Waals surface area (Å²) < 4.78 is 5.04. The minimum atomic E-state index is -0.923. The monoisotopic (exact) mass is 261 g/mol. The molecule has 2 N–H and O–H groups in total. The number of rotatable bonds is 2. The summed E-state index contributed by atoms with van der Waals surface area (Å²) >= 11 is 0. The number of benzene rings is 1. The highest BCUT2D eigenvalue weighted by atomic mass is 16.6. The summed E-state index contributed by atoms with van der Waals surface area (Å²) in [5.41, 5.74) is 0.268. The fraction of sp³-hybridized carbons (Fsp3) is 0.400. The third-order valence-electron chi connectivity index (χ3n) is 2.00. The smallest absolute Gasteiger partial charge is 0.407 e. The lowest BCUT2D eigenvalue weighted by atomic mass is 10.2. The third-order valence-corrected chi connectivity index (χ3v) is 2.00. The van der Waals surface area contributed by atoms with Gasteiger partial charge in [-0.05, 0) is 32.9 Å². The van der Waals surface area contributed by atoms with Crippen LogP contribution >= 0.6 is 0 Å². The standard InChI is InChI=1S/C15H19NO3/c1-15(2,3)19-14(18)16-11-13(17)10-9-12-7-5-4-6-8-12/h4-8,13,17H,11H2,1-3H3,(H,16,18). The molecule has 19 heavy (non-hydrogen) atoms. The van der Waals surface area contributed by atoms with Crippen molar-refractivity contribution < 1.29 is 14.6 Å². The second-order valence-electron chi connectivity index (χ2n) is 5.03. The van der Waals surface area contributed by atoms with Crippen LogP contribution in [0.3, 0.4) is 0 Å². The van der Waals surface area contributed by atoms with Crippen LogP contribution < -0.4 is 5.32 Å². The van der Waals surface area contributed by atoms with Crippen LogP contribution in [0.5, 0.6) is 0 Å². The van der Waals surface area contributed by atoms with E-state index in [4.69, 9.17) is 4.74 Å². The minimum absolute atomic E-state index is 0.0365. The van der Waals surface area contributed by atoms with E-state index in [9.17, 15) is 9.90 Å². The molecular weight excluding hydrogens is 242 g/mol. The highest BCUT2D eigenvalue weighted by molar-refractivity contribution is 5.67. The second-order valence-corrected chi connectivity index (χ2v) is 5.03. The van der Waals surface area contributed by atoms with Crippen molar-refractivity contribution in [2.45, 2.75) is 32.5 Å². The molecule has 0 saturated carbocycles. The quantitative estimate of drug-likeness (QED) is 0.800. The summed E-state index contributed by atoms with van der Waals surface area (Å²) in [5, 5.41) is 12.1. The number of alkyl carbamates (subject to hydrolysis) is 1. The summed E-state index contributed by atoms with van der Waals surface area (Å²) in [7, 11) is 0. The molecule has 102 valence electrons. The molecule has 0 aliphatic heterocycles. The molecule has 0 spiro atoms. The predicted octanol–water partition coefficient (Wildman–Crippen LogP) is 1.92. The number of ether oxygens (including phenoxy) is 1. The molecule has 0 aliphatic rings. The zero-order valence-corrected chi connectivity index (χ0v) is 11.4. The number of carbonyl (C=O) groups is 1. The van der Waals surface area contributed by atoms with E-state index in [1.54, 1.807) is 20.8 Å². The first-order valence-electron chi connectivity index (χ1n) is 6.08. The van der Waals surface area contributed by atoms with Gasteiger partial charge in [-0.15, -0.1) is 0 Å². The summed E-state index contributed by atoms with van der Waals surface area (Å²) in [6.07, 6.45) is -1.49. The minimum Gasteiger partial charge on any atom is -0.444 e. The Bertz CT molecular complexity index is 466. The average molecular weight is 261 g/mol. The SMILES string of the molecule is CC(C)(C)OC(=O)NCC(O)C#Cc1ccccc1. The molecule has 0 aliphatic carbocycles. The lowest BCUT2D eigenvalue weighted by Crippen LogP contribution is -2.36. The maximum absolute atomic E-state index is 11.3. The zero-order valence-electron chi connectivity index (χ0n) is 11.4. The molecule has 1 aromatic carbocycles. The van der Waals surface area contributed by atoms with Gasteiger partial charge in [0.15, 0.2) is 0 Å². The highest BCUT2D eigenvalue weighted by Gasteiger charge is 2.16. The first-order valence-corrected chi connectivity index (χ1v) is 6.08. The van der Waals surface area contributed by atoms with Gasteiger partial charge in [0.05, 0.1) is 6.54 Å². The van der Waals surface area contributed by atoms with E-state index in [2.05, 4.69) is 17.2 Å². The van der Waals surface area contributed by atoms with E-state index < -0.39 is 17.8 Å². The van der Waals surface area contributed by atoms with Gasteiger partial charge in [0.25, 0.3) is 0 Å². The molecule has 1 rings (SSSR count). The predicted molar refractivity (Wildman–Crippen MR) is 73.6 cm³/mol. The highest BCUT2D eigenvalue weighted by Crippen LogP contribution is 2.06. The van der Waals surface area contributed by atoms with Gasteiger partial charge in [-0.1, -0.05) is 30.0 Å². The Balaban J connectivity index is 2.39. The number of amides is 1. The fourth-order valence-corrected chi connectivity index (χ4v) is 1.23. The van der Waals surface area contributed by atoms with Crippen molar-refractivity contribution in [1.29, 1.82) is 0 Å². The van der Waals surface area contributed by atoms with Gasteiger partial charge in [-0.3, -0.25) is 0 Å². The van der Waals surface area contributed by atoms with E-state index in [1.165, 1.54) is 0 Å². The number of hydrogen-bond acceptors (Lipinski definition) is 3. The third kappa shape index (κ3) is 7.12. The molecule has 1 amide bonds. The molecule has 0 aromatic heterocycles. The topological polar surface area (TPSA) is 58.6 Å². The number of hydrogen-bond donors (Lipinski definition) is 2. The molecule has 1 aromatic rings.